The number of fused-ring (bicyclic) bond motifs is 1. The smallest absolute Gasteiger partial charge is 0.326 e. The topological polar surface area (TPSA) is 90.0 Å². The Morgan fingerprint density at radius 2 is 1.87 bits per heavy atom. The number of rotatable bonds is 4. The van der Waals surface area contributed by atoms with Gasteiger partial charge in [-0.1, -0.05) is 17.7 Å². The number of nitrogens with zero attached hydrogens (tertiary/aromatic N) is 2. The van der Waals surface area contributed by atoms with E-state index in [1.54, 1.807) is 18.2 Å². The molecule has 1 saturated heterocycles. The van der Waals surface area contributed by atoms with Gasteiger partial charge >= 0.3 is 5.97 Å². The molecular formula is C22H24ClN3O4S. The molecule has 1 fully saturated rings. The summed E-state index contributed by atoms with van der Waals surface area (Å²) in [4.78, 5) is 41.6. The molecule has 1 aromatic heterocycles. The van der Waals surface area contributed by atoms with Crippen LogP contribution in [0.1, 0.15) is 37.6 Å². The van der Waals surface area contributed by atoms with Crippen molar-refractivity contribution in [3.8, 4) is 0 Å². The predicted molar refractivity (Wildman–Crippen MR) is 119 cm³/mol. The molecule has 31 heavy (non-hydrogen) atoms. The zero-order valence-electron chi connectivity index (χ0n) is 17.1. The number of amides is 2. The van der Waals surface area contributed by atoms with Gasteiger partial charge < -0.3 is 20.2 Å². The SMILES string of the molecule is CN1CCc2ccc(C(=O)N3C[C@H](NC(=O)c4ccc(Cl)s4)CC3C(=O)O)cc2CC1. The van der Waals surface area contributed by atoms with E-state index in [2.05, 4.69) is 17.3 Å². The Bertz CT molecular complexity index is 1020. The summed E-state index contributed by atoms with van der Waals surface area (Å²) < 4.78 is 0.506. The summed E-state index contributed by atoms with van der Waals surface area (Å²) in [6.07, 6.45) is 1.96. The molecule has 4 rings (SSSR count). The Morgan fingerprint density at radius 1 is 1.13 bits per heavy atom. The van der Waals surface area contributed by atoms with Gasteiger partial charge in [-0.15, -0.1) is 11.3 Å². The minimum atomic E-state index is -1.07. The van der Waals surface area contributed by atoms with Crippen LogP contribution in [-0.4, -0.2) is 71.5 Å². The molecule has 0 spiro atoms. The first-order valence-corrected chi connectivity index (χ1v) is 11.4. The minimum Gasteiger partial charge on any atom is -0.480 e. The van der Waals surface area contributed by atoms with Gasteiger partial charge in [0.25, 0.3) is 11.8 Å². The monoisotopic (exact) mass is 461 g/mol. The van der Waals surface area contributed by atoms with Crippen molar-refractivity contribution in [3.05, 3.63) is 56.2 Å². The van der Waals surface area contributed by atoms with Crippen LogP contribution in [0.4, 0.5) is 0 Å². The van der Waals surface area contributed by atoms with Crippen molar-refractivity contribution in [2.75, 3.05) is 26.7 Å². The predicted octanol–water partition coefficient (Wildman–Crippen LogP) is 2.53. The number of hydrogen-bond donors (Lipinski definition) is 2. The minimum absolute atomic E-state index is 0.153. The standard InChI is InChI=1S/C22H24ClN3O4S/c1-25-8-6-13-2-3-15(10-14(13)7-9-25)21(28)26-12-16(11-17(26)22(29)30)24-20(27)18-4-5-19(23)31-18/h2-5,10,16-17H,6-9,11-12H2,1H3,(H,24,27)(H,29,30)/t16-,17?/m1/s1. The molecule has 2 aliphatic rings. The van der Waals surface area contributed by atoms with E-state index in [0.29, 0.717) is 14.8 Å². The summed E-state index contributed by atoms with van der Waals surface area (Å²) in [5.41, 5.74) is 2.86. The number of carbonyl (C=O) groups is 3. The molecule has 2 atom stereocenters. The van der Waals surface area contributed by atoms with E-state index in [0.717, 1.165) is 42.8 Å². The maximum atomic E-state index is 13.2. The summed E-state index contributed by atoms with van der Waals surface area (Å²) in [7, 11) is 2.08. The molecule has 0 bridgehead atoms. The first-order chi connectivity index (χ1) is 14.8. The third kappa shape index (κ3) is 4.76. The molecule has 164 valence electrons. The number of likely N-dealkylation sites (tertiary alicyclic amines) is 1. The third-order valence-corrected chi connectivity index (χ3v) is 7.19. The number of carboxylic acid groups (broad SMARTS) is 1. The number of hydrogen-bond acceptors (Lipinski definition) is 5. The van der Waals surface area contributed by atoms with Gasteiger partial charge in [0.05, 0.1) is 9.21 Å². The molecular weight excluding hydrogens is 438 g/mol. The number of thiophene rings is 1. The van der Waals surface area contributed by atoms with Crippen molar-refractivity contribution in [2.45, 2.75) is 31.3 Å². The highest BCUT2D eigenvalue weighted by Gasteiger charge is 2.40. The van der Waals surface area contributed by atoms with Gasteiger partial charge in [0.1, 0.15) is 6.04 Å². The van der Waals surface area contributed by atoms with Crippen LogP contribution in [-0.2, 0) is 17.6 Å². The summed E-state index contributed by atoms with van der Waals surface area (Å²) in [6.45, 7) is 2.05. The first kappa shape index (κ1) is 21.8. The molecule has 3 heterocycles. The first-order valence-electron chi connectivity index (χ1n) is 10.2. The van der Waals surface area contributed by atoms with E-state index >= 15 is 0 Å². The fourth-order valence-electron chi connectivity index (χ4n) is 4.23. The largest absolute Gasteiger partial charge is 0.480 e. The molecule has 2 amide bonds. The summed E-state index contributed by atoms with van der Waals surface area (Å²) >= 11 is 7.05. The lowest BCUT2D eigenvalue weighted by Crippen LogP contribution is -2.41. The Labute approximate surface area is 189 Å². The van der Waals surface area contributed by atoms with Crippen molar-refractivity contribution in [1.29, 1.82) is 0 Å². The normalized spacial score (nSPS) is 21.4. The van der Waals surface area contributed by atoms with Gasteiger partial charge in [-0.25, -0.2) is 4.79 Å². The zero-order valence-corrected chi connectivity index (χ0v) is 18.7. The quantitative estimate of drug-likeness (QED) is 0.730. The highest BCUT2D eigenvalue weighted by molar-refractivity contribution is 7.18. The molecule has 9 heteroatoms. The van der Waals surface area contributed by atoms with Crippen molar-refractivity contribution < 1.29 is 19.5 Å². The van der Waals surface area contributed by atoms with Gasteiger partial charge in [-0.2, -0.15) is 0 Å². The number of halogens is 1. The van der Waals surface area contributed by atoms with E-state index < -0.39 is 18.1 Å². The Kier molecular flexibility index (Phi) is 6.31. The summed E-state index contributed by atoms with van der Waals surface area (Å²) in [5, 5.41) is 12.5. The van der Waals surface area contributed by atoms with Crippen LogP contribution < -0.4 is 5.32 Å². The van der Waals surface area contributed by atoms with Gasteiger partial charge in [-0.05, 0) is 55.3 Å². The average molecular weight is 462 g/mol. The molecule has 0 aliphatic carbocycles. The van der Waals surface area contributed by atoms with E-state index in [1.165, 1.54) is 10.5 Å². The lowest BCUT2D eigenvalue weighted by atomic mass is 9.99. The molecule has 7 nitrogen and oxygen atoms in total. The van der Waals surface area contributed by atoms with Crippen LogP contribution in [0.3, 0.4) is 0 Å². The van der Waals surface area contributed by atoms with Gasteiger partial charge in [0.2, 0.25) is 0 Å². The van der Waals surface area contributed by atoms with Crippen LogP contribution in [0.25, 0.3) is 0 Å². The average Bonchev–Trinajstić information content (AvgIpc) is 3.32. The number of benzene rings is 1. The third-order valence-electron chi connectivity index (χ3n) is 5.96. The van der Waals surface area contributed by atoms with Crippen molar-refractivity contribution >= 4 is 40.7 Å². The second-order valence-electron chi connectivity index (χ2n) is 8.11. The van der Waals surface area contributed by atoms with Crippen LogP contribution in [0.5, 0.6) is 0 Å². The molecule has 2 N–H and O–H groups in total. The summed E-state index contributed by atoms with van der Waals surface area (Å²) in [5.74, 6) is -1.70. The number of carboxylic acids is 1. The molecule has 2 aliphatic heterocycles. The second-order valence-corrected chi connectivity index (χ2v) is 9.82. The Hall–Kier alpha value is -2.42. The van der Waals surface area contributed by atoms with Crippen LogP contribution in [0.15, 0.2) is 30.3 Å². The zero-order chi connectivity index (χ0) is 22.1. The van der Waals surface area contributed by atoms with E-state index in [4.69, 9.17) is 11.6 Å². The van der Waals surface area contributed by atoms with Crippen LogP contribution >= 0.6 is 22.9 Å². The molecule has 2 aromatic rings. The second kappa shape index (κ2) is 8.98. The summed E-state index contributed by atoms with van der Waals surface area (Å²) in [6, 6.07) is 7.51. The van der Waals surface area contributed by atoms with Crippen LogP contribution in [0, 0.1) is 0 Å². The number of likely N-dealkylation sites (N-methyl/N-ethyl adjacent to an activating group) is 1. The molecule has 0 radical (unpaired) electrons. The number of nitrogens with one attached hydrogen (secondary N) is 1. The maximum absolute atomic E-state index is 13.2. The molecule has 0 saturated carbocycles. The Balaban J connectivity index is 1.50. The fourth-order valence-corrected chi connectivity index (χ4v) is 5.17. The molecule has 1 aromatic carbocycles. The lowest BCUT2D eigenvalue weighted by Gasteiger charge is -2.22. The Morgan fingerprint density at radius 3 is 2.55 bits per heavy atom. The highest BCUT2D eigenvalue weighted by Crippen LogP contribution is 2.25. The van der Waals surface area contributed by atoms with Crippen LogP contribution in [0.2, 0.25) is 4.34 Å². The van der Waals surface area contributed by atoms with Gasteiger partial charge in [0, 0.05) is 37.7 Å². The van der Waals surface area contributed by atoms with Gasteiger partial charge in [-0.3, -0.25) is 9.59 Å². The van der Waals surface area contributed by atoms with Crippen molar-refractivity contribution in [2.24, 2.45) is 0 Å². The van der Waals surface area contributed by atoms with E-state index in [9.17, 15) is 19.5 Å². The molecule has 1 unspecified atom stereocenters. The van der Waals surface area contributed by atoms with Crippen molar-refractivity contribution in [3.63, 3.8) is 0 Å². The number of aliphatic carboxylic acids is 1. The van der Waals surface area contributed by atoms with Gasteiger partial charge in [0.15, 0.2) is 0 Å². The maximum Gasteiger partial charge on any atom is 0.326 e. The van der Waals surface area contributed by atoms with E-state index in [1.807, 2.05) is 12.1 Å². The highest BCUT2D eigenvalue weighted by atomic mass is 35.5. The fraction of sp³-hybridized carbons (Fsp3) is 0.409. The van der Waals surface area contributed by atoms with Crippen molar-refractivity contribution in [1.82, 2.24) is 15.1 Å². The van der Waals surface area contributed by atoms with E-state index in [-0.39, 0.29) is 24.8 Å². The number of carbonyl (C=O) groups excluding carboxylic acids is 2. The lowest BCUT2D eigenvalue weighted by molar-refractivity contribution is -0.141.